The summed E-state index contributed by atoms with van der Waals surface area (Å²) in [6.07, 6.45) is 0.787. The molecule has 3 aromatic rings. The van der Waals surface area contributed by atoms with Crippen LogP contribution in [-0.4, -0.2) is 52.2 Å². The first-order chi connectivity index (χ1) is 16.8. The van der Waals surface area contributed by atoms with E-state index in [0.29, 0.717) is 46.7 Å². The van der Waals surface area contributed by atoms with E-state index in [4.69, 9.17) is 15.0 Å². The predicted octanol–water partition coefficient (Wildman–Crippen LogP) is 3.08. The van der Waals surface area contributed by atoms with Gasteiger partial charge in [-0.2, -0.15) is 5.26 Å². The maximum absolute atomic E-state index is 14.3. The number of amides is 1. The van der Waals surface area contributed by atoms with Crippen molar-refractivity contribution in [1.29, 1.82) is 5.26 Å². The van der Waals surface area contributed by atoms with Crippen molar-refractivity contribution >= 4 is 28.2 Å². The first kappa shape index (κ1) is 22.9. The average Bonchev–Trinajstić information content (AvgIpc) is 3.43. The summed E-state index contributed by atoms with van der Waals surface area (Å²) in [5.41, 5.74) is 3.91. The molecule has 35 heavy (non-hydrogen) atoms. The lowest BCUT2D eigenvalue weighted by molar-refractivity contribution is -0.130. The molecule has 1 amide bonds. The van der Waals surface area contributed by atoms with Crippen LogP contribution in [0.25, 0.3) is 11.4 Å². The van der Waals surface area contributed by atoms with Crippen LogP contribution in [0.4, 0.5) is 15.9 Å². The molecule has 0 spiro atoms. The van der Waals surface area contributed by atoms with Crippen molar-refractivity contribution in [2.75, 3.05) is 32.1 Å². The molecular formula is C25H22FN5O3S. The Morgan fingerprint density at radius 3 is 2.80 bits per heavy atom. The van der Waals surface area contributed by atoms with Gasteiger partial charge in [-0.1, -0.05) is 6.07 Å². The molecule has 178 valence electrons. The Bertz CT molecular complexity index is 1420. The van der Waals surface area contributed by atoms with Gasteiger partial charge in [0.1, 0.15) is 23.5 Å². The summed E-state index contributed by atoms with van der Waals surface area (Å²) in [4.78, 5) is 24.8. The van der Waals surface area contributed by atoms with Crippen LogP contribution in [0.15, 0.2) is 36.4 Å². The topological polar surface area (TPSA) is 99.4 Å². The van der Waals surface area contributed by atoms with E-state index < -0.39 is 16.6 Å². The van der Waals surface area contributed by atoms with Crippen LogP contribution in [0.2, 0.25) is 0 Å². The highest BCUT2D eigenvalue weighted by atomic mass is 32.2. The minimum Gasteiger partial charge on any atom is -0.484 e. The molecule has 2 aromatic carbocycles. The number of nitrogens with zero attached hydrogens (tertiary/aromatic N) is 5. The highest BCUT2D eigenvalue weighted by Crippen LogP contribution is 2.41. The molecule has 2 aliphatic rings. The number of benzene rings is 2. The van der Waals surface area contributed by atoms with E-state index in [1.54, 1.807) is 20.2 Å². The molecule has 0 aliphatic carbocycles. The molecule has 0 saturated heterocycles. The lowest BCUT2D eigenvalue weighted by Gasteiger charge is -2.22. The number of likely N-dealkylation sites (N-methyl/N-ethyl adjacent to an activating group) is 1. The van der Waals surface area contributed by atoms with Gasteiger partial charge in [0, 0.05) is 54.3 Å². The number of rotatable bonds is 5. The van der Waals surface area contributed by atoms with E-state index in [1.807, 2.05) is 29.2 Å². The van der Waals surface area contributed by atoms with Gasteiger partial charge in [0.25, 0.3) is 5.91 Å². The third-order valence-electron chi connectivity index (χ3n) is 6.09. The molecule has 0 saturated carbocycles. The number of aromatic nitrogens is 2. The summed E-state index contributed by atoms with van der Waals surface area (Å²) >= 11 is 0. The molecule has 2 aliphatic heterocycles. The Morgan fingerprint density at radius 1 is 1.23 bits per heavy atom. The van der Waals surface area contributed by atoms with Gasteiger partial charge in [-0.15, -0.1) is 0 Å². The van der Waals surface area contributed by atoms with Crippen LogP contribution in [0, 0.1) is 17.1 Å². The van der Waals surface area contributed by atoms with Crippen LogP contribution in [0.1, 0.15) is 22.4 Å². The second-order valence-electron chi connectivity index (χ2n) is 8.60. The van der Waals surface area contributed by atoms with Gasteiger partial charge in [0.05, 0.1) is 22.8 Å². The van der Waals surface area contributed by atoms with Crippen LogP contribution in [0.3, 0.4) is 0 Å². The van der Waals surface area contributed by atoms with Gasteiger partial charge >= 0.3 is 0 Å². The second-order valence-corrected chi connectivity index (χ2v) is 10.1. The van der Waals surface area contributed by atoms with E-state index >= 15 is 0 Å². The van der Waals surface area contributed by atoms with Gasteiger partial charge in [0.2, 0.25) is 0 Å². The SMILES string of the molecule is CN(C)C(=O)COc1ccc2c(c1)N(c1nc(-c3ccc(C#N)c(F)c3)nc3c1CS(=O)C3)CC2. The number of hydrogen-bond acceptors (Lipinski definition) is 7. The van der Waals surface area contributed by atoms with E-state index in [-0.39, 0.29) is 18.1 Å². The van der Waals surface area contributed by atoms with Crippen molar-refractivity contribution < 1.29 is 18.1 Å². The Balaban J connectivity index is 1.54. The maximum Gasteiger partial charge on any atom is 0.259 e. The highest BCUT2D eigenvalue weighted by Gasteiger charge is 2.31. The predicted molar refractivity (Wildman–Crippen MR) is 129 cm³/mol. The summed E-state index contributed by atoms with van der Waals surface area (Å²) in [6.45, 7) is 0.592. The van der Waals surface area contributed by atoms with Gasteiger partial charge in [-0.05, 0) is 36.2 Å². The van der Waals surface area contributed by atoms with Crippen LogP contribution in [-0.2, 0) is 33.5 Å². The normalized spacial score (nSPS) is 15.9. The quantitative estimate of drug-likeness (QED) is 0.541. The van der Waals surface area contributed by atoms with Crippen molar-refractivity contribution in [3.63, 3.8) is 0 Å². The van der Waals surface area contributed by atoms with Crippen LogP contribution in [0.5, 0.6) is 5.75 Å². The van der Waals surface area contributed by atoms with Gasteiger partial charge in [0.15, 0.2) is 12.4 Å². The molecule has 8 nitrogen and oxygen atoms in total. The fourth-order valence-electron chi connectivity index (χ4n) is 4.19. The fraction of sp³-hybridized carbons (Fsp3) is 0.280. The molecule has 0 N–H and O–H groups in total. The molecule has 0 bridgehead atoms. The second kappa shape index (κ2) is 9.07. The zero-order valence-electron chi connectivity index (χ0n) is 19.2. The maximum atomic E-state index is 14.3. The standard InChI is InChI=1S/C25H22FN5O3S/c1-30(2)23(32)12-34-18-6-5-15-7-8-31(22(15)10-18)25-19-13-35(33)14-21(19)28-24(29-25)16-3-4-17(11-27)20(26)9-16/h3-6,9-10H,7-8,12-14H2,1-2H3. The van der Waals surface area contributed by atoms with E-state index in [0.717, 1.165) is 23.2 Å². The largest absolute Gasteiger partial charge is 0.484 e. The summed E-state index contributed by atoms with van der Waals surface area (Å²) in [5.74, 6) is 1.41. The molecule has 5 rings (SSSR count). The number of hydrogen-bond donors (Lipinski definition) is 0. The Hall–Kier alpha value is -3.84. The van der Waals surface area contributed by atoms with Crippen LogP contribution >= 0.6 is 0 Å². The van der Waals surface area contributed by atoms with E-state index in [2.05, 4.69) is 4.98 Å². The van der Waals surface area contributed by atoms with E-state index in [9.17, 15) is 13.4 Å². The zero-order chi connectivity index (χ0) is 24.7. The number of anilines is 2. The summed E-state index contributed by atoms with van der Waals surface area (Å²) in [5, 5.41) is 9.04. The number of carbonyl (C=O) groups is 1. The third kappa shape index (κ3) is 4.35. The Labute approximate surface area is 204 Å². The van der Waals surface area contributed by atoms with Crippen molar-refractivity contribution in [3.8, 4) is 23.2 Å². The molecule has 1 aromatic heterocycles. The van der Waals surface area contributed by atoms with Crippen molar-refractivity contribution in [1.82, 2.24) is 14.9 Å². The van der Waals surface area contributed by atoms with Gasteiger partial charge in [-0.3, -0.25) is 9.00 Å². The van der Waals surface area contributed by atoms with Crippen molar-refractivity contribution in [3.05, 3.63) is 64.6 Å². The number of ether oxygens (including phenoxy) is 1. The molecule has 1 unspecified atom stereocenters. The first-order valence-corrected chi connectivity index (χ1v) is 12.5. The van der Waals surface area contributed by atoms with Crippen molar-refractivity contribution in [2.45, 2.75) is 17.9 Å². The molecule has 0 fully saturated rings. The van der Waals surface area contributed by atoms with Crippen molar-refractivity contribution in [2.24, 2.45) is 0 Å². The third-order valence-corrected chi connectivity index (χ3v) is 7.30. The zero-order valence-corrected chi connectivity index (χ0v) is 20.1. The number of halogens is 1. The van der Waals surface area contributed by atoms with E-state index in [1.165, 1.54) is 17.0 Å². The van der Waals surface area contributed by atoms with Gasteiger partial charge in [-0.25, -0.2) is 14.4 Å². The van der Waals surface area contributed by atoms with Gasteiger partial charge < -0.3 is 14.5 Å². The Morgan fingerprint density at radius 2 is 2.06 bits per heavy atom. The molecule has 0 radical (unpaired) electrons. The lowest BCUT2D eigenvalue weighted by Crippen LogP contribution is -2.27. The fourth-order valence-corrected chi connectivity index (χ4v) is 5.45. The molecular weight excluding hydrogens is 469 g/mol. The lowest BCUT2D eigenvalue weighted by atomic mass is 10.1. The number of nitriles is 1. The number of fused-ring (bicyclic) bond motifs is 2. The first-order valence-electron chi connectivity index (χ1n) is 11.0. The smallest absolute Gasteiger partial charge is 0.259 e. The molecule has 3 heterocycles. The summed E-state index contributed by atoms with van der Waals surface area (Å²) in [7, 11) is 2.26. The molecule has 10 heteroatoms. The highest BCUT2D eigenvalue weighted by molar-refractivity contribution is 7.83. The molecule has 1 atom stereocenters. The minimum atomic E-state index is -1.09. The number of carbonyl (C=O) groups excluding carboxylic acids is 1. The summed E-state index contributed by atoms with van der Waals surface area (Å²) < 4.78 is 32.5. The average molecular weight is 492 g/mol. The van der Waals surface area contributed by atoms with Crippen LogP contribution < -0.4 is 9.64 Å². The monoisotopic (exact) mass is 491 g/mol. The Kier molecular flexibility index (Phi) is 5.94. The summed E-state index contributed by atoms with van der Waals surface area (Å²) in [6, 6.07) is 11.8. The minimum absolute atomic E-state index is 0.0509.